The maximum absolute atomic E-state index is 5.81. The molecule has 0 radical (unpaired) electrons. The molecule has 1 saturated heterocycles. The monoisotopic (exact) mass is 189 g/mol. The molecular weight excluding hydrogens is 174 g/mol. The van der Waals surface area contributed by atoms with Crippen LogP contribution < -0.4 is 0 Å². The number of ether oxygens (including phenoxy) is 1. The highest BCUT2D eigenvalue weighted by atomic mass is 16.5. The first-order chi connectivity index (χ1) is 6.86. The first kappa shape index (κ1) is 8.45. The Hall–Kier alpha value is -0.860. The Kier molecular flexibility index (Phi) is 1.85. The van der Waals surface area contributed by atoms with E-state index in [-0.39, 0.29) is 0 Å². The standard InChI is InChI=1S/C12H15NO/c1-13-6-7-14-11-8-9-4-2-3-5-10(9)12(11)13/h2-5,11-12H,6-8H2,1H3/t11-,12+/m1/s1. The molecule has 2 atom stereocenters. The average molecular weight is 189 g/mol. The van der Waals surface area contributed by atoms with E-state index in [0.29, 0.717) is 12.1 Å². The molecule has 74 valence electrons. The molecule has 0 spiro atoms. The van der Waals surface area contributed by atoms with Gasteiger partial charge in [-0.25, -0.2) is 0 Å². The van der Waals surface area contributed by atoms with Crippen molar-refractivity contribution in [3.63, 3.8) is 0 Å². The number of benzene rings is 1. The number of hydrogen-bond acceptors (Lipinski definition) is 2. The zero-order chi connectivity index (χ0) is 9.54. The molecule has 0 unspecified atom stereocenters. The summed E-state index contributed by atoms with van der Waals surface area (Å²) in [6, 6.07) is 9.22. The Bertz CT molecular complexity index is 350. The third-order valence-corrected chi connectivity index (χ3v) is 3.40. The highest BCUT2D eigenvalue weighted by molar-refractivity contribution is 5.36. The molecule has 2 heteroatoms. The van der Waals surface area contributed by atoms with Gasteiger partial charge in [-0.1, -0.05) is 24.3 Å². The van der Waals surface area contributed by atoms with Gasteiger partial charge in [-0.05, 0) is 18.2 Å². The van der Waals surface area contributed by atoms with Gasteiger partial charge in [-0.2, -0.15) is 0 Å². The predicted molar refractivity (Wildman–Crippen MR) is 55.3 cm³/mol. The second-order valence-corrected chi connectivity index (χ2v) is 4.24. The zero-order valence-corrected chi connectivity index (χ0v) is 8.44. The summed E-state index contributed by atoms with van der Waals surface area (Å²) in [7, 11) is 2.20. The van der Waals surface area contributed by atoms with Gasteiger partial charge in [0.05, 0.1) is 18.8 Å². The van der Waals surface area contributed by atoms with E-state index in [9.17, 15) is 0 Å². The van der Waals surface area contributed by atoms with Gasteiger partial charge in [0.25, 0.3) is 0 Å². The van der Waals surface area contributed by atoms with E-state index in [1.54, 1.807) is 0 Å². The number of likely N-dealkylation sites (N-methyl/N-ethyl adjacent to an activating group) is 1. The minimum atomic E-state index is 0.395. The van der Waals surface area contributed by atoms with Crippen molar-refractivity contribution >= 4 is 0 Å². The molecule has 14 heavy (non-hydrogen) atoms. The lowest BCUT2D eigenvalue weighted by atomic mass is 10.1. The zero-order valence-electron chi connectivity index (χ0n) is 8.44. The van der Waals surface area contributed by atoms with Gasteiger partial charge in [-0.15, -0.1) is 0 Å². The van der Waals surface area contributed by atoms with Crippen LogP contribution in [0.4, 0.5) is 0 Å². The molecule has 0 saturated carbocycles. The molecule has 1 aromatic carbocycles. The second-order valence-electron chi connectivity index (χ2n) is 4.24. The number of hydrogen-bond donors (Lipinski definition) is 0. The minimum absolute atomic E-state index is 0.395. The van der Waals surface area contributed by atoms with Crippen LogP contribution in [-0.4, -0.2) is 31.2 Å². The van der Waals surface area contributed by atoms with Crippen LogP contribution in [0.3, 0.4) is 0 Å². The molecule has 0 amide bonds. The molecule has 1 aromatic rings. The van der Waals surface area contributed by atoms with Gasteiger partial charge in [0.15, 0.2) is 0 Å². The van der Waals surface area contributed by atoms with Gasteiger partial charge in [0, 0.05) is 13.0 Å². The smallest absolute Gasteiger partial charge is 0.0812 e. The SMILES string of the molecule is CN1CCO[C@@H]2Cc3ccccc3[C@@H]21. The van der Waals surface area contributed by atoms with Crippen LogP contribution in [0.25, 0.3) is 0 Å². The largest absolute Gasteiger partial charge is 0.375 e. The molecule has 1 fully saturated rings. The lowest BCUT2D eigenvalue weighted by Gasteiger charge is -2.35. The van der Waals surface area contributed by atoms with Crippen molar-refractivity contribution in [3.05, 3.63) is 35.4 Å². The molecule has 1 aliphatic carbocycles. The van der Waals surface area contributed by atoms with Crippen molar-refractivity contribution in [1.29, 1.82) is 0 Å². The lowest BCUT2D eigenvalue weighted by Crippen LogP contribution is -2.40. The Morgan fingerprint density at radius 3 is 3.14 bits per heavy atom. The van der Waals surface area contributed by atoms with Crippen LogP contribution in [0.15, 0.2) is 24.3 Å². The van der Waals surface area contributed by atoms with Crippen molar-refractivity contribution in [2.24, 2.45) is 0 Å². The highest BCUT2D eigenvalue weighted by Gasteiger charge is 2.37. The van der Waals surface area contributed by atoms with Crippen LogP contribution >= 0.6 is 0 Å². The summed E-state index contributed by atoms with van der Waals surface area (Å²) in [6.07, 6.45) is 1.48. The molecule has 0 bridgehead atoms. The summed E-state index contributed by atoms with van der Waals surface area (Å²) < 4.78 is 5.81. The Morgan fingerprint density at radius 1 is 1.36 bits per heavy atom. The second kappa shape index (κ2) is 3.07. The summed E-state index contributed by atoms with van der Waals surface area (Å²) >= 11 is 0. The fraction of sp³-hybridized carbons (Fsp3) is 0.500. The third-order valence-electron chi connectivity index (χ3n) is 3.40. The van der Waals surface area contributed by atoms with Crippen LogP contribution in [0, 0.1) is 0 Å². The van der Waals surface area contributed by atoms with E-state index in [4.69, 9.17) is 4.74 Å². The molecule has 1 aliphatic heterocycles. The topological polar surface area (TPSA) is 12.5 Å². The van der Waals surface area contributed by atoms with Gasteiger partial charge >= 0.3 is 0 Å². The minimum Gasteiger partial charge on any atom is -0.375 e. The fourth-order valence-electron chi connectivity index (χ4n) is 2.70. The van der Waals surface area contributed by atoms with Crippen LogP contribution in [0.2, 0.25) is 0 Å². The van der Waals surface area contributed by atoms with E-state index >= 15 is 0 Å². The summed E-state index contributed by atoms with van der Waals surface area (Å²) in [5, 5.41) is 0. The molecule has 0 aromatic heterocycles. The fourth-order valence-corrected chi connectivity index (χ4v) is 2.70. The molecule has 3 rings (SSSR count). The highest BCUT2D eigenvalue weighted by Crippen LogP contribution is 2.38. The normalized spacial score (nSPS) is 31.2. The quantitative estimate of drug-likeness (QED) is 0.615. The Morgan fingerprint density at radius 2 is 2.21 bits per heavy atom. The van der Waals surface area contributed by atoms with Crippen molar-refractivity contribution < 1.29 is 4.74 Å². The van der Waals surface area contributed by atoms with Crippen LogP contribution in [0.5, 0.6) is 0 Å². The van der Waals surface area contributed by atoms with Crippen LogP contribution in [-0.2, 0) is 11.2 Å². The number of morpholine rings is 1. The third kappa shape index (κ3) is 1.11. The summed E-state index contributed by atoms with van der Waals surface area (Å²) in [6.45, 7) is 1.93. The maximum Gasteiger partial charge on any atom is 0.0812 e. The first-order valence-corrected chi connectivity index (χ1v) is 5.26. The van der Waals surface area contributed by atoms with Crippen LogP contribution in [0.1, 0.15) is 17.2 Å². The Labute approximate surface area is 84.5 Å². The van der Waals surface area contributed by atoms with Crippen molar-refractivity contribution in [1.82, 2.24) is 4.90 Å². The lowest BCUT2D eigenvalue weighted by molar-refractivity contribution is -0.0532. The van der Waals surface area contributed by atoms with Crippen molar-refractivity contribution in [2.75, 3.05) is 20.2 Å². The molecule has 1 heterocycles. The molecule has 2 nitrogen and oxygen atoms in total. The van der Waals surface area contributed by atoms with Gasteiger partial charge in [0.1, 0.15) is 0 Å². The first-order valence-electron chi connectivity index (χ1n) is 5.26. The number of rotatable bonds is 0. The molecule has 2 aliphatic rings. The predicted octanol–water partition coefficient (Wildman–Crippen LogP) is 1.61. The molecule has 0 N–H and O–H groups in total. The Balaban J connectivity index is 2.03. The van der Waals surface area contributed by atoms with Crippen molar-refractivity contribution in [2.45, 2.75) is 18.6 Å². The number of nitrogens with zero attached hydrogens (tertiary/aromatic N) is 1. The molecular formula is C12H15NO. The average Bonchev–Trinajstić information content (AvgIpc) is 2.57. The van der Waals surface area contributed by atoms with Gasteiger partial charge in [0.2, 0.25) is 0 Å². The maximum atomic E-state index is 5.81. The summed E-state index contributed by atoms with van der Waals surface area (Å²) in [5.74, 6) is 0. The summed E-state index contributed by atoms with van der Waals surface area (Å²) in [5.41, 5.74) is 2.94. The van der Waals surface area contributed by atoms with E-state index in [1.165, 1.54) is 11.1 Å². The van der Waals surface area contributed by atoms with Gasteiger partial charge < -0.3 is 4.74 Å². The van der Waals surface area contributed by atoms with E-state index in [0.717, 1.165) is 19.6 Å². The van der Waals surface area contributed by atoms with Crippen molar-refractivity contribution in [3.8, 4) is 0 Å². The van der Waals surface area contributed by atoms with E-state index in [2.05, 4.69) is 36.2 Å². The number of fused-ring (bicyclic) bond motifs is 3. The summed E-state index contributed by atoms with van der Waals surface area (Å²) in [4.78, 5) is 2.42. The van der Waals surface area contributed by atoms with Gasteiger partial charge in [-0.3, -0.25) is 4.90 Å². The van der Waals surface area contributed by atoms with E-state index < -0.39 is 0 Å². The van der Waals surface area contributed by atoms with E-state index in [1.807, 2.05) is 0 Å².